The molecule has 5 heteroatoms. The van der Waals surface area contributed by atoms with E-state index < -0.39 is 0 Å². The quantitative estimate of drug-likeness (QED) is 0.855. The minimum Gasteiger partial charge on any atom is -0.495 e. The van der Waals surface area contributed by atoms with Gasteiger partial charge in [0.15, 0.2) is 0 Å². The summed E-state index contributed by atoms with van der Waals surface area (Å²) in [5.41, 5.74) is 1.09. The van der Waals surface area contributed by atoms with Crippen LogP contribution in [-0.4, -0.2) is 51.3 Å². The number of piperazine rings is 1. The smallest absolute Gasteiger partial charge is 0.317 e. The molecular formula is C13H19N3O2. The van der Waals surface area contributed by atoms with Gasteiger partial charge in [-0.1, -0.05) is 12.1 Å². The summed E-state index contributed by atoms with van der Waals surface area (Å²) in [6.45, 7) is 3.12. The number of carbonyl (C=O) groups excluding carboxylic acids is 1. The second-order valence-corrected chi connectivity index (χ2v) is 4.20. The van der Waals surface area contributed by atoms with Crippen molar-refractivity contribution in [1.29, 1.82) is 0 Å². The van der Waals surface area contributed by atoms with Gasteiger partial charge in [-0.2, -0.15) is 0 Å². The maximum Gasteiger partial charge on any atom is 0.317 e. The maximum absolute atomic E-state index is 11.5. The van der Waals surface area contributed by atoms with Gasteiger partial charge in [0, 0.05) is 33.2 Å². The lowest BCUT2D eigenvalue weighted by Crippen LogP contribution is -2.51. The third-order valence-electron chi connectivity index (χ3n) is 3.21. The van der Waals surface area contributed by atoms with Gasteiger partial charge in [0.25, 0.3) is 0 Å². The normalized spacial score (nSPS) is 15.4. The Bertz CT molecular complexity index is 414. The Labute approximate surface area is 107 Å². The lowest BCUT2D eigenvalue weighted by molar-refractivity contribution is 0.196. The molecule has 1 aliphatic rings. The van der Waals surface area contributed by atoms with E-state index in [1.165, 1.54) is 0 Å². The van der Waals surface area contributed by atoms with Gasteiger partial charge in [0.05, 0.1) is 12.8 Å². The second-order valence-electron chi connectivity index (χ2n) is 4.20. The number of para-hydroxylation sites is 2. The Kier molecular flexibility index (Phi) is 3.92. The van der Waals surface area contributed by atoms with Crippen LogP contribution in [0.1, 0.15) is 0 Å². The summed E-state index contributed by atoms with van der Waals surface area (Å²) in [6.07, 6.45) is 0. The molecule has 0 unspecified atom stereocenters. The summed E-state index contributed by atoms with van der Waals surface area (Å²) in [5, 5.41) is 2.66. The van der Waals surface area contributed by atoms with Gasteiger partial charge >= 0.3 is 6.03 Å². The van der Waals surface area contributed by atoms with E-state index in [2.05, 4.69) is 10.2 Å². The topological polar surface area (TPSA) is 44.8 Å². The molecule has 98 valence electrons. The first-order chi connectivity index (χ1) is 8.76. The van der Waals surface area contributed by atoms with Crippen LogP contribution < -0.4 is 15.0 Å². The van der Waals surface area contributed by atoms with Crippen LogP contribution in [0.4, 0.5) is 10.5 Å². The number of methoxy groups -OCH3 is 1. The van der Waals surface area contributed by atoms with Crippen molar-refractivity contribution in [3.05, 3.63) is 24.3 Å². The Morgan fingerprint density at radius 3 is 2.50 bits per heavy atom. The van der Waals surface area contributed by atoms with E-state index >= 15 is 0 Å². The highest BCUT2D eigenvalue weighted by Gasteiger charge is 2.21. The molecule has 1 aromatic rings. The molecule has 0 bridgehead atoms. The molecule has 1 heterocycles. The zero-order chi connectivity index (χ0) is 13.0. The Balaban J connectivity index is 2.03. The largest absolute Gasteiger partial charge is 0.495 e. The van der Waals surface area contributed by atoms with Crippen molar-refractivity contribution in [1.82, 2.24) is 10.2 Å². The highest BCUT2D eigenvalue weighted by Crippen LogP contribution is 2.28. The number of hydrogen-bond donors (Lipinski definition) is 1. The molecule has 1 aromatic carbocycles. The summed E-state index contributed by atoms with van der Waals surface area (Å²) in [7, 11) is 3.34. The summed E-state index contributed by atoms with van der Waals surface area (Å²) in [4.78, 5) is 15.6. The van der Waals surface area contributed by atoms with E-state index in [0.29, 0.717) is 0 Å². The summed E-state index contributed by atoms with van der Waals surface area (Å²) < 4.78 is 5.36. The molecule has 2 rings (SSSR count). The number of nitrogens with one attached hydrogen (secondary N) is 1. The van der Waals surface area contributed by atoms with Crippen molar-refractivity contribution in [3.63, 3.8) is 0 Å². The maximum atomic E-state index is 11.5. The van der Waals surface area contributed by atoms with Crippen LogP contribution >= 0.6 is 0 Å². The van der Waals surface area contributed by atoms with Gasteiger partial charge in [-0.05, 0) is 12.1 Å². The first-order valence-corrected chi connectivity index (χ1v) is 6.11. The molecule has 1 fully saturated rings. The van der Waals surface area contributed by atoms with Crippen LogP contribution in [0.15, 0.2) is 24.3 Å². The van der Waals surface area contributed by atoms with Crippen molar-refractivity contribution in [2.24, 2.45) is 0 Å². The lowest BCUT2D eigenvalue weighted by atomic mass is 10.2. The summed E-state index contributed by atoms with van der Waals surface area (Å²) in [5.74, 6) is 0.880. The first-order valence-electron chi connectivity index (χ1n) is 6.11. The lowest BCUT2D eigenvalue weighted by Gasteiger charge is -2.36. The van der Waals surface area contributed by atoms with Crippen LogP contribution in [0.5, 0.6) is 5.75 Å². The number of amides is 2. The van der Waals surface area contributed by atoms with Gasteiger partial charge < -0.3 is 19.9 Å². The van der Waals surface area contributed by atoms with Crippen LogP contribution in [0.25, 0.3) is 0 Å². The van der Waals surface area contributed by atoms with Crippen LogP contribution in [0.3, 0.4) is 0 Å². The van der Waals surface area contributed by atoms with Crippen LogP contribution in [0, 0.1) is 0 Å². The molecule has 5 nitrogen and oxygen atoms in total. The Morgan fingerprint density at radius 1 is 1.22 bits per heavy atom. The van der Waals surface area contributed by atoms with Crippen molar-refractivity contribution < 1.29 is 9.53 Å². The third-order valence-corrected chi connectivity index (χ3v) is 3.21. The van der Waals surface area contributed by atoms with E-state index in [-0.39, 0.29) is 6.03 Å². The number of rotatable bonds is 2. The summed E-state index contributed by atoms with van der Waals surface area (Å²) in [6, 6.07) is 7.97. The van der Waals surface area contributed by atoms with Crippen molar-refractivity contribution in [3.8, 4) is 5.75 Å². The van der Waals surface area contributed by atoms with E-state index in [9.17, 15) is 4.79 Å². The zero-order valence-electron chi connectivity index (χ0n) is 10.8. The molecule has 0 spiro atoms. The molecule has 1 N–H and O–H groups in total. The van der Waals surface area contributed by atoms with Crippen LogP contribution in [0.2, 0.25) is 0 Å². The fraction of sp³-hybridized carbons (Fsp3) is 0.462. The average Bonchev–Trinajstić information content (AvgIpc) is 2.46. The molecule has 1 saturated heterocycles. The zero-order valence-corrected chi connectivity index (χ0v) is 10.8. The number of urea groups is 1. The fourth-order valence-corrected chi connectivity index (χ4v) is 2.20. The molecular weight excluding hydrogens is 230 g/mol. The van der Waals surface area contributed by atoms with Gasteiger partial charge in [-0.25, -0.2) is 4.79 Å². The Hall–Kier alpha value is -1.91. The third kappa shape index (κ3) is 2.50. The number of carbonyl (C=O) groups is 1. The van der Waals surface area contributed by atoms with E-state index in [4.69, 9.17) is 4.74 Å². The fourth-order valence-electron chi connectivity index (χ4n) is 2.20. The predicted molar refractivity (Wildman–Crippen MR) is 71.2 cm³/mol. The second kappa shape index (κ2) is 5.62. The first kappa shape index (κ1) is 12.5. The molecule has 0 saturated carbocycles. The number of anilines is 1. The van der Waals surface area contributed by atoms with Gasteiger partial charge in [0.1, 0.15) is 5.75 Å². The highest BCUT2D eigenvalue weighted by atomic mass is 16.5. The van der Waals surface area contributed by atoms with Crippen molar-refractivity contribution in [2.75, 3.05) is 45.2 Å². The average molecular weight is 249 g/mol. The highest BCUT2D eigenvalue weighted by molar-refractivity contribution is 5.74. The van der Waals surface area contributed by atoms with E-state index in [0.717, 1.165) is 37.6 Å². The molecule has 2 amide bonds. The molecule has 0 aromatic heterocycles. The molecule has 0 radical (unpaired) electrons. The van der Waals surface area contributed by atoms with Crippen LogP contribution in [-0.2, 0) is 0 Å². The monoisotopic (exact) mass is 249 g/mol. The molecule has 18 heavy (non-hydrogen) atoms. The van der Waals surface area contributed by atoms with Gasteiger partial charge in [-0.15, -0.1) is 0 Å². The number of benzene rings is 1. The standard InChI is InChI=1S/C13H19N3O2/c1-14-13(17)16-9-7-15(8-10-16)11-5-3-4-6-12(11)18-2/h3-6H,7-10H2,1-2H3,(H,14,17). The summed E-state index contributed by atoms with van der Waals surface area (Å²) >= 11 is 0. The van der Waals surface area contributed by atoms with Crippen molar-refractivity contribution in [2.45, 2.75) is 0 Å². The van der Waals surface area contributed by atoms with E-state index in [1.807, 2.05) is 29.2 Å². The molecule has 0 atom stereocenters. The molecule has 0 aliphatic carbocycles. The Morgan fingerprint density at radius 2 is 1.89 bits per heavy atom. The number of hydrogen-bond acceptors (Lipinski definition) is 3. The minimum atomic E-state index is -0.00493. The van der Waals surface area contributed by atoms with Crippen molar-refractivity contribution >= 4 is 11.7 Å². The minimum absolute atomic E-state index is 0.00493. The number of nitrogens with zero attached hydrogens (tertiary/aromatic N) is 2. The van der Waals surface area contributed by atoms with Gasteiger partial charge in [0.2, 0.25) is 0 Å². The molecule has 1 aliphatic heterocycles. The van der Waals surface area contributed by atoms with Gasteiger partial charge in [-0.3, -0.25) is 0 Å². The SMILES string of the molecule is CNC(=O)N1CCN(c2ccccc2OC)CC1. The number of ether oxygens (including phenoxy) is 1. The predicted octanol–water partition coefficient (Wildman–Crippen LogP) is 1.16. The van der Waals surface area contributed by atoms with E-state index in [1.54, 1.807) is 14.2 Å².